The van der Waals surface area contributed by atoms with Crippen molar-refractivity contribution in [1.82, 2.24) is 24.7 Å². The number of anilines is 4. The van der Waals surface area contributed by atoms with Gasteiger partial charge < -0.3 is 15.4 Å². The molecule has 4 aromatic rings. The third-order valence-electron chi connectivity index (χ3n) is 4.65. The third kappa shape index (κ3) is 4.58. The first-order valence-electron chi connectivity index (χ1n) is 9.74. The molecule has 0 radical (unpaired) electrons. The third-order valence-corrected chi connectivity index (χ3v) is 5.00. The summed E-state index contributed by atoms with van der Waals surface area (Å²) in [6.07, 6.45) is 4.90. The summed E-state index contributed by atoms with van der Waals surface area (Å²) in [5.74, 6) is 2.19. The highest BCUT2D eigenvalue weighted by molar-refractivity contribution is 7.27. The van der Waals surface area contributed by atoms with Crippen LogP contribution < -0.4 is 20.7 Å². The maximum absolute atomic E-state index is 12.2. The van der Waals surface area contributed by atoms with E-state index in [0.717, 1.165) is 10.9 Å². The number of ketones is 1. The summed E-state index contributed by atoms with van der Waals surface area (Å²) in [6.45, 7) is 1.50. The van der Waals surface area contributed by atoms with Gasteiger partial charge in [0.1, 0.15) is 18.0 Å². The second kappa shape index (κ2) is 9.11. The monoisotopic (exact) mass is 447 g/mol. The largest absolute Gasteiger partial charge is 0.494 e. The van der Waals surface area contributed by atoms with Gasteiger partial charge in [-0.15, -0.1) is 9.24 Å². The van der Waals surface area contributed by atoms with E-state index in [1.165, 1.54) is 13.1 Å². The van der Waals surface area contributed by atoms with E-state index >= 15 is 0 Å². The van der Waals surface area contributed by atoms with Crippen molar-refractivity contribution < 1.29 is 9.53 Å². The first kappa shape index (κ1) is 21.4. The van der Waals surface area contributed by atoms with Gasteiger partial charge in [-0.1, -0.05) is 6.07 Å². The van der Waals surface area contributed by atoms with Gasteiger partial charge in [0.25, 0.3) is 0 Å². The Balaban J connectivity index is 1.71. The molecule has 1 atom stereocenters. The summed E-state index contributed by atoms with van der Waals surface area (Å²) in [4.78, 5) is 25.2. The molecule has 0 saturated heterocycles. The van der Waals surface area contributed by atoms with Crippen LogP contribution in [0.3, 0.4) is 0 Å². The molecule has 0 spiro atoms. The van der Waals surface area contributed by atoms with Crippen molar-refractivity contribution in [2.45, 2.75) is 6.92 Å². The molecule has 9 nitrogen and oxygen atoms in total. The highest BCUT2D eigenvalue weighted by Gasteiger charge is 2.17. The lowest BCUT2D eigenvalue weighted by molar-refractivity contribution is 0.101. The SMILES string of the molecule is COc1c(Nc2cc(Nc3ccc(P)cn3)ncc2C(C)=O)cccc1-c1ncn(C)n1. The van der Waals surface area contributed by atoms with Gasteiger partial charge in [0, 0.05) is 25.5 Å². The number of ether oxygens (including phenoxy) is 1. The minimum absolute atomic E-state index is 0.112. The number of Topliss-reactive ketones (excluding diaryl/α,β-unsaturated/α-hetero) is 1. The molecule has 0 saturated carbocycles. The molecular weight excluding hydrogens is 425 g/mol. The van der Waals surface area contributed by atoms with Crippen molar-refractivity contribution in [1.29, 1.82) is 0 Å². The van der Waals surface area contributed by atoms with Crippen LogP contribution in [0.4, 0.5) is 23.0 Å². The smallest absolute Gasteiger partial charge is 0.184 e. The van der Waals surface area contributed by atoms with Gasteiger partial charge in [-0.2, -0.15) is 5.10 Å². The molecule has 0 aliphatic heterocycles. The summed E-state index contributed by atoms with van der Waals surface area (Å²) >= 11 is 0. The number of carbonyl (C=O) groups is 1. The Labute approximate surface area is 187 Å². The molecule has 10 heteroatoms. The zero-order valence-corrected chi connectivity index (χ0v) is 19.0. The number of methoxy groups -OCH3 is 1. The van der Waals surface area contributed by atoms with Gasteiger partial charge in [0.15, 0.2) is 17.4 Å². The van der Waals surface area contributed by atoms with Gasteiger partial charge in [0.05, 0.1) is 29.6 Å². The number of hydrogen-bond donors (Lipinski definition) is 2. The first-order valence-corrected chi connectivity index (χ1v) is 10.3. The summed E-state index contributed by atoms with van der Waals surface area (Å²) in [7, 11) is 5.98. The van der Waals surface area contributed by atoms with Crippen molar-refractivity contribution in [3.05, 3.63) is 60.7 Å². The molecule has 0 aliphatic rings. The Morgan fingerprint density at radius 1 is 1.03 bits per heavy atom. The first-order chi connectivity index (χ1) is 15.4. The predicted molar refractivity (Wildman–Crippen MR) is 127 cm³/mol. The van der Waals surface area contributed by atoms with Crippen molar-refractivity contribution in [2.75, 3.05) is 17.7 Å². The van der Waals surface area contributed by atoms with Crippen LogP contribution in [0.25, 0.3) is 11.4 Å². The lowest BCUT2D eigenvalue weighted by atomic mass is 10.1. The molecule has 0 amide bonds. The van der Waals surface area contributed by atoms with E-state index in [4.69, 9.17) is 4.74 Å². The summed E-state index contributed by atoms with van der Waals surface area (Å²) in [6, 6.07) is 11.2. The number of aromatic nitrogens is 5. The minimum Gasteiger partial charge on any atom is -0.494 e. The fourth-order valence-corrected chi connectivity index (χ4v) is 3.33. The maximum atomic E-state index is 12.2. The van der Waals surface area contributed by atoms with Crippen molar-refractivity contribution >= 4 is 43.3 Å². The summed E-state index contributed by atoms with van der Waals surface area (Å²) < 4.78 is 7.30. The number of rotatable bonds is 7. The van der Waals surface area contributed by atoms with E-state index in [9.17, 15) is 4.79 Å². The molecule has 0 bridgehead atoms. The Kier molecular flexibility index (Phi) is 6.09. The molecule has 1 unspecified atom stereocenters. The second-order valence-corrected chi connectivity index (χ2v) is 7.69. The van der Waals surface area contributed by atoms with E-state index in [1.54, 1.807) is 37.4 Å². The lowest BCUT2D eigenvalue weighted by Crippen LogP contribution is -2.06. The van der Waals surface area contributed by atoms with Crippen LogP contribution in [0.15, 0.2) is 55.1 Å². The van der Waals surface area contributed by atoms with Gasteiger partial charge in [-0.25, -0.2) is 15.0 Å². The molecule has 32 heavy (non-hydrogen) atoms. The Hall–Kier alpha value is -3.84. The fraction of sp³-hybridized carbons (Fsp3) is 0.136. The quantitative estimate of drug-likeness (QED) is 0.328. The standard InChI is InChI=1S/C22H22N7O2P/c1-13(30)16-11-24-20(27-19-8-7-14(32)10-23-19)9-18(16)26-17-6-4-5-15(21(17)31-3)22-25-12-29(2)28-22/h4-12H,32H2,1-3H3,(H2,23,24,26,27). The molecule has 2 N–H and O–H groups in total. The predicted octanol–water partition coefficient (Wildman–Crippen LogP) is 3.47. The van der Waals surface area contributed by atoms with E-state index in [-0.39, 0.29) is 5.78 Å². The zero-order chi connectivity index (χ0) is 22.7. The maximum Gasteiger partial charge on any atom is 0.184 e. The molecule has 3 heterocycles. The van der Waals surface area contributed by atoms with Gasteiger partial charge in [-0.05, 0) is 36.5 Å². The number of carbonyl (C=O) groups excluding carboxylic acids is 1. The zero-order valence-electron chi connectivity index (χ0n) is 17.8. The normalized spacial score (nSPS) is 10.6. The number of para-hydroxylation sites is 1. The number of pyridine rings is 2. The number of benzene rings is 1. The van der Waals surface area contributed by atoms with Crippen molar-refractivity contribution in [2.24, 2.45) is 7.05 Å². The van der Waals surface area contributed by atoms with Gasteiger partial charge in [0.2, 0.25) is 0 Å². The average Bonchev–Trinajstić information content (AvgIpc) is 3.21. The van der Waals surface area contributed by atoms with Crippen LogP contribution in [-0.4, -0.2) is 37.6 Å². The minimum atomic E-state index is -0.112. The number of nitrogens with zero attached hydrogens (tertiary/aromatic N) is 5. The van der Waals surface area contributed by atoms with E-state index in [2.05, 4.69) is 39.9 Å². The van der Waals surface area contributed by atoms with Crippen molar-refractivity contribution in [3.8, 4) is 17.1 Å². The highest BCUT2D eigenvalue weighted by Crippen LogP contribution is 2.37. The topological polar surface area (TPSA) is 107 Å². The van der Waals surface area contributed by atoms with Crippen LogP contribution in [0, 0.1) is 0 Å². The number of nitrogens with one attached hydrogen (secondary N) is 2. The van der Waals surface area contributed by atoms with Crippen LogP contribution in [0.2, 0.25) is 0 Å². The molecule has 1 aromatic carbocycles. The van der Waals surface area contributed by atoms with Crippen LogP contribution in [0.5, 0.6) is 5.75 Å². The lowest BCUT2D eigenvalue weighted by Gasteiger charge is -2.16. The second-order valence-electron chi connectivity index (χ2n) is 7.03. The molecule has 162 valence electrons. The van der Waals surface area contributed by atoms with Crippen LogP contribution in [-0.2, 0) is 7.05 Å². The summed E-state index contributed by atoms with van der Waals surface area (Å²) in [5, 5.41) is 11.8. The number of aryl methyl sites for hydroxylation is 1. The number of hydrogen-bond acceptors (Lipinski definition) is 8. The Bertz CT molecular complexity index is 1270. The van der Waals surface area contributed by atoms with Gasteiger partial charge in [-0.3, -0.25) is 9.48 Å². The summed E-state index contributed by atoms with van der Waals surface area (Å²) in [5.41, 5.74) is 2.44. The molecule has 0 fully saturated rings. The Morgan fingerprint density at radius 3 is 2.50 bits per heavy atom. The fourth-order valence-electron chi connectivity index (χ4n) is 3.16. The van der Waals surface area contributed by atoms with Gasteiger partial charge >= 0.3 is 0 Å². The van der Waals surface area contributed by atoms with E-state index in [1.807, 2.05) is 30.3 Å². The Morgan fingerprint density at radius 2 is 1.84 bits per heavy atom. The molecule has 3 aromatic heterocycles. The van der Waals surface area contributed by atoms with E-state index in [0.29, 0.717) is 40.1 Å². The van der Waals surface area contributed by atoms with Crippen LogP contribution >= 0.6 is 9.24 Å². The van der Waals surface area contributed by atoms with Crippen LogP contribution in [0.1, 0.15) is 17.3 Å². The molecular formula is C22H22N7O2P. The molecule has 4 rings (SSSR count). The average molecular weight is 447 g/mol. The van der Waals surface area contributed by atoms with Crippen molar-refractivity contribution in [3.63, 3.8) is 0 Å². The van der Waals surface area contributed by atoms with E-state index < -0.39 is 0 Å². The highest BCUT2D eigenvalue weighted by atomic mass is 31.0. The molecule has 0 aliphatic carbocycles.